The first-order valence-corrected chi connectivity index (χ1v) is 9.91. The van der Waals surface area contributed by atoms with Gasteiger partial charge in [0.05, 0.1) is 29.1 Å². The molecule has 0 aliphatic carbocycles. The number of carbonyl (C=O) groups excluding carboxylic acids is 1. The van der Waals surface area contributed by atoms with E-state index in [0.29, 0.717) is 16.5 Å². The number of pyridine rings is 1. The normalized spacial score (nSPS) is 10.8. The van der Waals surface area contributed by atoms with Crippen LogP contribution in [0.3, 0.4) is 0 Å². The van der Waals surface area contributed by atoms with Gasteiger partial charge in [0.25, 0.3) is 17.2 Å². The SMILES string of the molecule is O=C(NCc1nn(Cc2cccnc2)c(=O)c2ccccc12)c1cc(Cl)ccc1[N+](=O)[O-]. The maximum atomic E-state index is 12.9. The molecule has 10 heteroatoms. The number of fused-ring (bicyclic) bond motifs is 1. The average molecular weight is 450 g/mol. The second kappa shape index (κ2) is 8.94. The smallest absolute Gasteiger partial charge is 0.282 e. The molecule has 0 unspecified atom stereocenters. The lowest BCUT2D eigenvalue weighted by Crippen LogP contribution is -2.29. The minimum absolute atomic E-state index is 0.0453. The van der Waals surface area contributed by atoms with E-state index in [1.807, 2.05) is 6.07 Å². The molecule has 160 valence electrons. The molecule has 2 aromatic carbocycles. The molecule has 0 atom stereocenters. The highest BCUT2D eigenvalue weighted by atomic mass is 35.5. The van der Waals surface area contributed by atoms with E-state index in [-0.39, 0.29) is 34.9 Å². The molecule has 9 nitrogen and oxygen atoms in total. The lowest BCUT2D eigenvalue weighted by Gasteiger charge is -2.12. The molecular weight excluding hydrogens is 434 g/mol. The number of nitro groups is 1. The van der Waals surface area contributed by atoms with Crippen molar-refractivity contribution in [2.75, 3.05) is 0 Å². The van der Waals surface area contributed by atoms with Crippen molar-refractivity contribution in [2.24, 2.45) is 0 Å². The number of nitrogens with zero attached hydrogens (tertiary/aromatic N) is 4. The third-order valence-corrected chi connectivity index (χ3v) is 5.05. The van der Waals surface area contributed by atoms with E-state index in [1.165, 1.54) is 22.9 Å². The lowest BCUT2D eigenvalue weighted by atomic mass is 10.1. The number of amides is 1. The van der Waals surface area contributed by atoms with Crippen LogP contribution >= 0.6 is 11.6 Å². The number of hydrogen-bond acceptors (Lipinski definition) is 6. The molecule has 0 aliphatic rings. The molecule has 0 aliphatic heterocycles. The molecule has 1 amide bonds. The molecule has 0 radical (unpaired) electrons. The van der Waals surface area contributed by atoms with Crippen molar-refractivity contribution < 1.29 is 9.72 Å². The zero-order chi connectivity index (χ0) is 22.7. The molecule has 0 fully saturated rings. The summed E-state index contributed by atoms with van der Waals surface area (Å²) in [7, 11) is 0. The fraction of sp³-hybridized carbons (Fsp3) is 0.0909. The van der Waals surface area contributed by atoms with Crippen LogP contribution in [0.2, 0.25) is 5.02 Å². The number of nitrogens with one attached hydrogen (secondary N) is 1. The van der Waals surface area contributed by atoms with Crippen LogP contribution in [0.25, 0.3) is 10.8 Å². The minimum atomic E-state index is -0.671. The van der Waals surface area contributed by atoms with E-state index in [9.17, 15) is 19.7 Å². The number of aromatic nitrogens is 3. The zero-order valence-electron chi connectivity index (χ0n) is 16.6. The van der Waals surface area contributed by atoms with Crippen molar-refractivity contribution in [3.8, 4) is 0 Å². The topological polar surface area (TPSA) is 120 Å². The molecule has 2 aromatic heterocycles. The van der Waals surface area contributed by atoms with Crippen LogP contribution in [0.1, 0.15) is 21.6 Å². The number of benzene rings is 2. The maximum absolute atomic E-state index is 12.9. The highest BCUT2D eigenvalue weighted by Crippen LogP contribution is 2.23. The average Bonchev–Trinajstić information content (AvgIpc) is 2.80. The number of hydrogen-bond donors (Lipinski definition) is 1. The summed E-state index contributed by atoms with van der Waals surface area (Å²) in [6.45, 7) is 0.161. The van der Waals surface area contributed by atoms with Gasteiger partial charge in [-0.25, -0.2) is 4.68 Å². The predicted molar refractivity (Wildman–Crippen MR) is 119 cm³/mol. The van der Waals surface area contributed by atoms with E-state index in [2.05, 4.69) is 15.4 Å². The molecule has 1 N–H and O–H groups in total. The highest BCUT2D eigenvalue weighted by molar-refractivity contribution is 6.31. The van der Waals surface area contributed by atoms with Gasteiger partial charge in [-0.2, -0.15) is 5.10 Å². The summed E-state index contributed by atoms with van der Waals surface area (Å²) in [6, 6.07) is 14.3. The standard InChI is InChI=1S/C22H16ClN5O4/c23-15-7-8-20(28(31)32)18(10-15)21(29)25-12-19-16-5-1-2-6-17(16)22(30)27(26-19)13-14-4-3-9-24-11-14/h1-11H,12-13H2,(H,25,29). The number of halogens is 1. The van der Waals surface area contributed by atoms with Crippen molar-refractivity contribution in [1.29, 1.82) is 0 Å². The van der Waals surface area contributed by atoms with Crippen molar-refractivity contribution in [1.82, 2.24) is 20.1 Å². The van der Waals surface area contributed by atoms with Crippen LogP contribution in [-0.2, 0) is 13.1 Å². The molecular formula is C22H16ClN5O4. The summed E-state index contributed by atoms with van der Waals surface area (Å²) >= 11 is 5.92. The molecule has 32 heavy (non-hydrogen) atoms. The lowest BCUT2D eigenvalue weighted by molar-refractivity contribution is -0.385. The van der Waals surface area contributed by atoms with Crippen LogP contribution < -0.4 is 10.9 Å². The van der Waals surface area contributed by atoms with Crippen molar-refractivity contribution in [3.05, 3.63) is 109 Å². The van der Waals surface area contributed by atoms with Gasteiger partial charge in [-0.15, -0.1) is 0 Å². The molecule has 0 saturated carbocycles. The van der Waals surface area contributed by atoms with E-state index in [4.69, 9.17) is 11.6 Å². The van der Waals surface area contributed by atoms with E-state index in [0.717, 1.165) is 5.56 Å². The second-order valence-corrected chi connectivity index (χ2v) is 7.35. The third-order valence-electron chi connectivity index (χ3n) is 4.82. The zero-order valence-corrected chi connectivity index (χ0v) is 17.3. The van der Waals surface area contributed by atoms with E-state index in [1.54, 1.807) is 42.7 Å². The van der Waals surface area contributed by atoms with Crippen LogP contribution in [0, 0.1) is 10.1 Å². The maximum Gasteiger partial charge on any atom is 0.282 e. The summed E-state index contributed by atoms with van der Waals surface area (Å²) in [5, 5.41) is 19.6. The fourth-order valence-corrected chi connectivity index (χ4v) is 3.49. The largest absolute Gasteiger partial charge is 0.346 e. The van der Waals surface area contributed by atoms with Gasteiger partial charge in [0.2, 0.25) is 0 Å². The molecule has 0 bridgehead atoms. The van der Waals surface area contributed by atoms with Crippen molar-refractivity contribution >= 4 is 34.0 Å². The quantitative estimate of drug-likeness (QED) is 0.356. The number of carbonyl (C=O) groups is 1. The van der Waals surface area contributed by atoms with Gasteiger partial charge in [0, 0.05) is 28.9 Å². The minimum Gasteiger partial charge on any atom is -0.346 e. The Morgan fingerprint density at radius 3 is 2.62 bits per heavy atom. The Labute approximate surface area is 186 Å². The van der Waals surface area contributed by atoms with Crippen LogP contribution in [0.5, 0.6) is 0 Å². The predicted octanol–water partition coefficient (Wildman–Crippen LogP) is 3.33. The monoisotopic (exact) mass is 449 g/mol. The first kappa shape index (κ1) is 21.1. The van der Waals surface area contributed by atoms with Crippen molar-refractivity contribution in [2.45, 2.75) is 13.1 Å². The Kier molecular flexibility index (Phi) is 5.91. The number of rotatable bonds is 6. The van der Waals surface area contributed by atoms with Gasteiger partial charge < -0.3 is 5.32 Å². The molecule has 4 aromatic rings. The summed E-state index contributed by atoms with van der Waals surface area (Å²) < 4.78 is 1.31. The van der Waals surface area contributed by atoms with E-state index >= 15 is 0 Å². The number of nitro benzene ring substituents is 1. The summed E-state index contributed by atoms with van der Waals surface area (Å²) in [4.78, 5) is 40.3. The van der Waals surface area contributed by atoms with Crippen LogP contribution in [-0.4, -0.2) is 25.6 Å². The molecule has 0 saturated heterocycles. The Bertz CT molecular complexity index is 1390. The van der Waals surface area contributed by atoms with Crippen LogP contribution in [0.15, 0.2) is 71.8 Å². The van der Waals surface area contributed by atoms with Gasteiger partial charge in [-0.1, -0.05) is 35.9 Å². The Morgan fingerprint density at radius 1 is 1.12 bits per heavy atom. The van der Waals surface area contributed by atoms with Gasteiger partial charge in [-0.05, 0) is 29.8 Å². The van der Waals surface area contributed by atoms with Gasteiger partial charge in [0.1, 0.15) is 5.56 Å². The summed E-state index contributed by atoms with van der Waals surface area (Å²) in [6.07, 6.45) is 3.28. The third kappa shape index (κ3) is 4.33. The Hall–Kier alpha value is -4.11. The summed E-state index contributed by atoms with van der Waals surface area (Å²) in [5.41, 5.74) is 0.454. The highest BCUT2D eigenvalue weighted by Gasteiger charge is 2.21. The van der Waals surface area contributed by atoms with Crippen LogP contribution in [0.4, 0.5) is 5.69 Å². The van der Waals surface area contributed by atoms with Gasteiger partial charge in [0.15, 0.2) is 0 Å². The first-order valence-electron chi connectivity index (χ1n) is 9.54. The second-order valence-electron chi connectivity index (χ2n) is 6.92. The Balaban J connectivity index is 1.68. The van der Waals surface area contributed by atoms with Gasteiger partial charge >= 0.3 is 0 Å². The van der Waals surface area contributed by atoms with E-state index < -0.39 is 10.8 Å². The molecule has 2 heterocycles. The first-order chi connectivity index (χ1) is 15.4. The fourth-order valence-electron chi connectivity index (χ4n) is 3.32. The van der Waals surface area contributed by atoms with Crippen molar-refractivity contribution in [3.63, 3.8) is 0 Å². The Morgan fingerprint density at radius 2 is 1.91 bits per heavy atom. The molecule has 0 spiro atoms. The summed E-state index contributed by atoms with van der Waals surface area (Å²) in [5.74, 6) is -0.671. The molecule has 4 rings (SSSR count). The van der Waals surface area contributed by atoms with Gasteiger partial charge in [-0.3, -0.25) is 24.7 Å².